The van der Waals surface area contributed by atoms with E-state index in [1.165, 1.54) is 4.57 Å². The number of rotatable bonds is 7. The first-order valence-electron chi connectivity index (χ1n) is 9.24. The molecule has 0 unspecified atom stereocenters. The van der Waals surface area contributed by atoms with Crippen molar-refractivity contribution in [2.45, 2.75) is 32.9 Å². The van der Waals surface area contributed by atoms with Gasteiger partial charge in [0.1, 0.15) is 6.54 Å². The fourth-order valence-corrected chi connectivity index (χ4v) is 3.17. The van der Waals surface area contributed by atoms with E-state index in [0.29, 0.717) is 22.5 Å². The number of amides is 1. The van der Waals surface area contributed by atoms with E-state index in [1.54, 1.807) is 48.5 Å². The third-order valence-electron chi connectivity index (χ3n) is 4.54. The van der Waals surface area contributed by atoms with Gasteiger partial charge in [-0.1, -0.05) is 49.2 Å². The fraction of sp³-hybridized carbons (Fsp3) is 0.286. The minimum absolute atomic E-state index is 0.108. The number of aromatic nitrogens is 2. The number of carbonyl (C=O) groups excluding carboxylic acids is 1. The van der Waals surface area contributed by atoms with Crippen molar-refractivity contribution < 1.29 is 4.79 Å². The molecule has 28 heavy (non-hydrogen) atoms. The maximum atomic E-state index is 13.1. The number of hydrogen-bond donors (Lipinski definition) is 1. The van der Waals surface area contributed by atoms with Gasteiger partial charge in [-0.05, 0) is 36.2 Å². The Morgan fingerprint density at radius 1 is 1.04 bits per heavy atom. The largest absolute Gasteiger partial charge is 0.355 e. The first kappa shape index (κ1) is 19.9. The molecule has 6 nitrogen and oxygen atoms in total. The quantitative estimate of drug-likeness (QED) is 0.621. The standard InChI is InChI=1S/C21H22ClN3O3/c1-2-3-12-23-19(26)14-24-18-7-5-4-6-17(18)20(27)25(21(24)28)13-15-8-10-16(22)11-9-15/h4-11H,2-3,12-14H2,1H3,(H,23,26). The molecular weight excluding hydrogens is 378 g/mol. The molecule has 0 aliphatic carbocycles. The molecule has 0 spiro atoms. The minimum Gasteiger partial charge on any atom is -0.355 e. The van der Waals surface area contributed by atoms with E-state index in [-0.39, 0.29) is 24.6 Å². The van der Waals surface area contributed by atoms with Gasteiger partial charge in [0.2, 0.25) is 5.91 Å². The Labute approximate surface area is 167 Å². The molecule has 0 radical (unpaired) electrons. The average Bonchev–Trinajstić information content (AvgIpc) is 2.70. The maximum Gasteiger partial charge on any atom is 0.332 e. The number of fused-ring (bicyclic) bond motifs is 1. The molecule has 1 heterocycles. The molecule has 0 atom stereocenters. The van der Waals surface area contributed by atoms with Gasteiger partial charge in [-0.2, -0.15) is 0 Å². The second kappa shape index (κ2) is 8.89. The summed E-state index contributed by atoms with van der Waals surface area (Å²) in [6.45, 7) is 2.57. The number of nitrogens with zero attached hydrogens (tertiary/aromatic N) is 2. The zero-order chi connectivity index (χ0) is 20.1. The Morgan fingerprint density at radius 3 is 2.46 bits per heavy atom. The first-order chi connectivity index (χ1) is 13.5. The van der Waals surface area contributed by atoms with Crippen LogP contribution in [-0.2, 0) is 17.9 Å². The van der Waals surface area contributed by atoms with Crippen molar-refractivity contribution in [1.29, 1.82) is 0 Å². The highest BCUT2D eigenvalue weighted by Gasteiger charge is 2.15. The van der Waals surface area contributed by atoms with Crippen molar-refractivity contribution in [3.05, 3.63) is 80.0 Å². The van der Waals surface area contributed by atoms with Crippen LogP contribution in [0.4, 0.5) is 0 Å². The van der Waals surface area contributed by atoms with E-state index in [4.69, 9.17) is 11.6 Å². The molecule has 0 bridgehead atoms. The topological polar surface area (TPSA) is 73.1 Å². The fourth-order valence-electron chi connectivity index (χ4n) is 3.04. The summed E-state index contributed by atoms with van der Waals surface area (Å²) >= 11 is 5.91. The Balaban J connectivity index is 2.04. The normalized spacial score (nSPS) is 10.9. The van der Waals surface area contributed by atoms with Crippen LogP contribution in [0.1, 0.15) is 25.3 Å². The highest BCUT2D eigenvalue weighted by molar-refractivity contribution is 6.30. The maximum absolute atomic E-state index is 13.1. The van der Waals surface area contributed by atoms with Crippen molar-refractivity contribution >= 4 is 28.4 Å². The van der Waals surface area contributed by atoms with E-state index in [0.717, 1.165) is 23.0 Å². The van der Waals surface area contributed by atoms with E-state index in [2.05, 4.69) is 5.32 Å². The number of benzene rings is 2. The van der Waals surface area contributed by atoms with Crippen LogP contribution >= 0.6 is 11.6 Å². The lowest BCUT2D eigenvalue weighted by atomic mass is 10.2. The molecule has 3 aromatic rings. The summed E-state index contributed by atoms with van der Waals surface area (Å²) in [6, 6.07) is 13.8. The number of para-hydroxylation sites is 1. The molecule has 146 valence electrons. The van der Waals surface area contributed by atoms with Crippen molar-refractivity contribution in [2.75, 3.05) is 6.54 Å². The van der Waals surface area contributed by atoms with Gasteiger partial charge in [0.15, 0.2) is 0 Å². The average molecular weight is 400 g/mol. The molecule has 0 aliphatic rings. The van der Waals surface area contributed by atoms with Crippen LogP contribution in [0.25, 0.3) is 10.9 Å². The van der Waals surface area contributed by atoms with Crippen molar-refractivity contribution in [3.8, 4) is 0 Å². The van der Waals surface area contributed by atoms with Gasteiger partial charge in [0.25, 0.3) is 5.56 Å². The smallest absolute Gasteiger partial charge is 0.332 e. The van der Waals surface area contributed by atoms with E-state index >= 15 is 0 Å². The van der Waals surface area contributed by atoms with Crippen molar-refractivity contribution in [1.82, 2.24) is 14.5 Å². The van der Waals surface area contributed by atoms with Crippen molar-refractivity contribution in [3.63, 3.8) is 0 Å². The molecule has 7 heteroatoms. The van der Waals surface area contributed by atoms with Gasteiger partial charge in [-0.25, -0.2) is 4.79 Å². The van der Waals surface area contributed by atoms with Crippen LogP contribution in [0.5, 0.6) is 0 Å². The SMILES string of the molecule is CCCCNC(=O)Cn1c(=O)n(Cc2ccc(Cl)cc2)c(=O)c2ccccc21. The highest BCUT2D eigenvalue weighted by atomic mass is 35.5. The molecule has 1 amide bonds. The Bertz CT molecular complexity index is 1100. The first-order valence-corrected chi connectivity index (χ1v) is 9.62. The molecule has 0 fully saturated rings. The molecule has 1 aromatic heterocycles. The van der Waals surface area contributed by atoms with Gasteiger partial charge in [-0.3, -0.25) is 18.7 Å². The van der Waals surface area contributed by atoms with E-state index in [9.17, 15) is 14.4 Å². The molecule has 1 N–H and O–H groups in total. The Hall–Kier alpha value is -2.86. The Morgan fingerprint density at radius 2 is 1.75 bits per heavy atom. The van der Waals surface area contributed by atoms with Gasteiger partial charge < -0.3 is 5.32 Å². The highest BCUT2D eigenvalue weighted by Crippen LogP contribution is 2.11. The molecule has 2 aromatic carbocycles. The van der Waals surface area contributed by atoms with E-state index in [1.807, 2.05) is 6.92 Å². The zero-order valence-corrected chi connectivity index (χ0v) is 16.4. The number of hydrogen-bond acceptors (Lipinski definition) is 3. The summed E-state index contributed by atoms with van der Waals surface area (Å²) in [5.74, 6) is -0.252. The molecular formula is C21H22ClN3O3. The molecule has 0 saturated carbocycles. The summed E-state index contributed by atoms with van der Waals surface area (Å²) in [7, 11) is 0. The predicted molar refractivity (Wildman–Crippen MR) is 111 cm³/mol. The second-order valence-corrected chi connectivity index (χ2v) is 7.04. The third kappa shape index (κ3) is 4.34. The van der Waals surface area contributed by atoms with Crippen LogP contribution < -0.4 is 16.6 Å². The number of nitrogens with one attached hydrogen (secondary N) is 1. The van der Waals surface area contributed by atoms with Crippen LogP contribution in [0.3, 0.4) is 0 Å². The third-order valence-corrected chi connectivity index (χ3v) is 4.79. The summed E-state index contributed by atoms with van der Waals surface area (Å²) in [4.78, 5) is 38.3. The summed E-state index contributed by atoms with van der Waals surface area (Å²) in [5, 5.41) is 3.79. The molecule has 0 aliphatic heterocycles. The summed E-state index contributed by atoms with van der Waals surface area (Å²) < 4.78 is 2.51. The lowest BCUT2D eigenvalue weighted by molar-refractivity contribution is -0.121. The lowest BCUT2D eigenvalue weighted by Gasteiger charge is -2.14. The predicted octanol–water partition coefficient (Wildman–Crippen LogP) is 2.78. The number of carbonyl (C=O) groups is 1. The number of unbranched alkanes of at least 4 members (excludes halogenated alkanes) is 1. The Kier molecular flexibility index (Phi) is 6.31. The van der Waals surface area contributed by atoms with Gasteiger partial charge in [0.05, 0.1) is 17.4 Å². The second-order valence-electron chi connectivity index (χ2n) is 6.61. The van der Waals surface area contributed by atoms with Crippen LogP contribution in [0.2, 0.25) is 5.02 Å². The number of halogens is 1. The van der Waals surface area contributed by atoms with Gasteiger partial charge in [0, 0.05) is 11.6 Å². The zero-order valence-electron chi connectivity index (χ0n) is 15.7. The van der Waals surface area contributed by atoms with Crippen LogP contribution in [0, 0.1) is 0 Å². The summed E-state index contributed by atoms with van der Waals surface area (Å²) in [5.41, 5.74) is 0.343. The lowest BCUT2D eigenvalue weighted by Crippen LogP contribution is -2.43. The minimum atomic E-state index is -0.510. The van der Waals surface area contributed by atoms with Crippen LogP contribution in [0.15, 0.2) is 58.1 Å². The van der Waals surface area contributed by atoms with E-state index < -0.39 is 5.69 Å². The summed E-state index contributed by atoms with van der Waals surface area (Å²) in [6.07, 6.45) is 1.84. The molecule has 0 saturated heterocycles. The van der Waals surface area contributed by atoms with Gasteiger partial charge in [-0.15, -0.1) is 0 Å². The van der Waals surface area contributed by atoms with Crippen molar-refractivity contribution in [2.24, 2.45) is 0 Å². The van der Waals surface area contributed by atoms with Gasteiger partial charge >= 0.3 is 5.69 Å². The van der Waals surface area contributed by atoms with Crippen LogP contribution in [-0.4, -0.2) is 21.6 Å². The monoisotopic (exact) mass is 399 g/mol. The molecule has 3 rings (SSSR count).